The monoisotopic (exact) mass is 249 g/mol. The molecule has 0 amide bonds. The third kappa shape index (κ3) is 3.81. The molecule has 18 heavy (non-hydrogen) atoms. The molecular formula is C16H24FN. The number of aryl methyl sites for hydroxylation is 1. The van der Waals surface area contributed by atoms with Crippen molar-refractivity contribution < 1.29 is 4.39 Å². The Morgan fingerprint density at radius 1 is 1.39 bits per heavy atom. The summed E-state index contributed by atoms with van der Waals surface area (Å²) in [7, 11) is 0. The predicted molar refractivity (Wildman–Crippen MR) is 74.1 cm³/mol. The number of nitrogens with one attached hydrogen (secondary N) is 1. The minimum Gasteiger partial charge on any atom is -0.310 e. The van der Waals surface area contributed by atoms with E-state index in [4.69, 9.17) is 0 Å². The van der Waals surface area contributed by atoms with Crippen molar-refractivity contribution >= 4 is 0 Å². The van der Waals surface area contributed by atoms with Crippen LogP contribution in [0, 0.1) is 18.7 Å². The highest BCUT2D eigenvalue weighted by molar-refractivity contribution is 5.25. The Hall–Kier alpha value is -0.890. The van der Waals surface area contributed by atoms with Gasteiger partial charge >= 0.3 is 0 Å². The summed E-state index contributed by atoms with van der Waals surface area (Å²) in [5, 5.41) is 3.55. The highest BCUT2D eigenvalue weighted by atomic mass is 19.1. The second-order valence-corrected chi connectivity index (χ2v) is 5.54. The Morgan fingerprint density at radius 3 is 2.78 bits per heavy atom. The lowest BCUT2D eigenvalue weighted by molar-refractivity contribution is 0.467. The fourth-order valence-electron chi connectivity index (χ4n) is 2.34. The Morgan fingerprint density at radius 2 is 2.17 bits per heavy atom. The Bertz CT molecular complexity index is 385. The molecule has 100 valence electrons. The lowest BCUT2D eigenvalue weighted by Crippen LogP contribution is -2.22. The Labute approximate surface area is 110 Å². The van der Waals surface area contributed by atoms with Gasteiger partial charge in [-0.2, -0.15) is 0 Å². The maximum atomic E-state index is 13.6. The molecule has 0 aromatic heterocycles. The van der Waals surface area contributed by atoms with Crippen LogP contribution in [0.2, 0.25) is 0 Å². The summed E-state index contributed by atoms with van der Waals surface area (Å²) in [6.07, 6.45) is 6.31. The smallest absolute Gasteiger partial charge is 0.126 e. The van der Waals surface area contributed by atoms with Crippen LogP contribution in [0.4, 0.5) is 4.39 Å². The molecule has 1 atom stereocenters. The molecule has 2 rings (SSSR count). The molecule has 1 fully saturated rings. The fourth-order valence-corrected chi connectivity index (χ4v) is 2.34. The van der Waals surface area contributed by atoms with Gasteiger partial charge in [-0.05, 0) is 55.8 Å². The molecule has 1 aromatic carbocycles. The van der Waals surface area contributed by atoms with Crippen LogP contribution in [0.25, 0.3) is 0 Å². The summed E-state index contributed by atoms with van der Waals surface area (Å²) in [6.45, 7) is 4.99. The maximum absolute atomic E-state index is 13.6. The molecule has 1 N–H and O–H groups in total. The van der Waals surface area contributed by atoms with Crippen molar-refractivity contribution in [1.82, 2.24) is 5.32 Å². The topological polar surface area (TPSA) is 12.0 Å². The molecule has 0 heterocycles. The number of rotatable bonds is 7. The number of hydrogen-bond donors (Lipinski definition) is 1. The van der Waals surface area contributed by atoms with Crippen LogP contribution in [0.3, 0.4) is 0 Å². The van der Waals surface area contributed by atoms with Crippen LogP contribution >= 0.6 is 0 Å². The summed E-state index contributed by atoms with van der Waals surface area (Å²) in [4.78, 5) is 0. The van der Waals surface area contributed by atoms with Crippen LogP contribution < -0.4 is 5.32 Å². The van der Waals surface area contributed by atoms with Gasteiger partial charge in [-0.15, -0.1) is 0 Å². The van der Waals surface area contributed by atoms with Crippen LogP contribution in [0.15, 0.2) is 18.2 Å². The summed E-state index contributed by atoms with van der Waals surface area (Å²) >= 11 is 0. The molecule has 0 aliphatic heterocycles. The van der Waals surface area contributed by atoms with Gasteiger partial charge in [-0.3, -0.25) is 0 Å². The number of hydrogen-bond acceptors (Lipinski definition) is 1. The molecule has 0 spiro atoms. The van der Waals surface area contributed by atoms with Crippen molar-refractivity contribution in [2.75, 3.05) is 6.54 Å². The van der Waals surface area contributed by atoms with E-state index >= 15 is 0 Å². The second-order valence-electron chi connectivity index (χ2n) is 5.54. The normalized spacial score (nSPS) is 16.8. The van der Waals surface area contributed by atoms with Gasteiger partial charge in [0, 0.05) is 6.04 Å². The molecule has 1 aromatic rings. The standard InChI is InChI=1S/C16H24FN/c1-3-10-18-16(9-7-13-5-6-13)14-8-4-12(2)15(17)11-14/h4,8,11,13,16,18H,3,5-7,9-10H2,1-2H3. The summed E-state index contributed by atoms with van der Waals surface area (Å²) in [5.74, 6) is 0.855. The average Bonchev–Trinajstić information content (AvgIpc) is 3.17. The minimum atomic E-state index is -0.0813. The van der Waals surface area contributed by atoms with Gasteiger partial charge in [0.1, 0.15) is 5.82 Å². The molecule has 0 bridgehead atoms. The van der Waals surface area contributed by atoms with Gasteiger partial charge < -0.3 is 5.32 Å². The largest absolute Gasteiger partial charge is 0.310 e. The zero-order chi connectivity index (χ0) is 13.0. The van der Waals surface area contributed by atoms with Crippen LogP contribution in [-0.2, 0) is 0 Å². The quantitative estimate of drug-likeness (QED) is 0.757. The first-order valence-electron chi connectivity index (χ1n) is 7.20. The van der Waals surface area contributed by atoms with E-state index in [-0.39, 0.29) is 5.82 Å². The Kier molecular flexibility index (Phi) is 4.76. The predicted octanol–water partition coefficient (Wildman–Crippen LogP) is 4.37. The first-order valence-corrected chi connectivity index (χ1v) is 7.20. The van der Waals surface area contributed by atoms with Crippen molar-refractivity contribution in [3.63, 3.8) is 0 Å². The van der Waals surface area contributed by atoms with E-state index in [2.05, 4.69) is 18.3 Å². The van der Waals surface area contributed by atoms with E-state index in [1.165, 1.54) is 19.3 Å². The first kappa shape index (κ1) is 13.5. The molecule has 0 radical (unpaired) electrons. The summed E-state index contributed by atoms with van der Waals surface area (Å²) in [6, 6.07) is 5.98. The van der Waals surface area contributed by atoms with Crippen molar-refractivity contribution in [3.8, 4) is 0 Å². The molecule has 1 aliphatic carbocycles. The fraction of sp³-hybridized carbons (Fsp3) is 0.625. The van der Waals surface area contributed by atoms with Crippen LogP contribution in [0.1, 0.15) is 56.2 Å². The van der Waals surface area contributed by atoms with Crippen LogP contribution in [0.5, 0.6) is 0 Å². The average molecular weight is 249 g/mol. The molecule has 1 unspecified atom stereocenters. The molecule has 1 nitrogen and oxygen atoms in total. The van der Waals surface area contributed by atoms with E-state index in [1.54, 1.807) is 6.07 Å². The lowest BCUT2D eigenvalue weighted by atomic mass is 9.99. The first-order chi connectivity index (χ1) is 8.70. The van der Waals surface area contributed by atoms with Crippen molar-refractivity contribution in [2.24, 2.45) is 5.92 Å². The molecular weight excluding hydrogens is 225 g/mol. The zero-order valence-electron chi connectivity index (χ0n) is 11.5. The van der Waals surface area contributed by atoms with Gasteiger partial charge in [0.2, 0.25) is 0 Å². The van der Waals surface area contributed by atoms with E-state index in [0.717, 1.165) is 36.4 Å². The third-order valence-corrected chi connectivity index (χ3v) is 3.80. The zero-order valence-corrected chi connectivity index (χ0v) is 11.5. The van der Waals surface area contributed by atoms with Crippen molar-refractivity contribution in [1.29, 1.82) is 0 Å². The van der Waals surface area contributed by atoms with Gasteiger partial charge in [0.25, 0.3) is 0 Å². The van der Waals surface area contributed by atoms with Gasteiger partial charge in [-0.1, -0.05) is 31.9 Å². The highest BCUT2D eigenvalue weighted by Crippen LogP contribution is 2.36. The van der Waals surface area contributed by atoms with Crippen molar-refractivity contribution in [2.45, 2.75) is 52.0 Å². The summed E-state index contributed by atoms with van der Waals surface area (Å²) in [5.41, 5.74) is 1.84. The molecule has 1 saturated carbocycles. The van der Waals surface area contributed by atoms with E-state index in [9.17, 15) is 4.39 Å². The third-order valence-electron chi connectivity index (χ3n) is 3.80. The van der Waals surface area contributed by atoms with E-state index in [0.29, 0.717) is 6.04 Å². The minimum absolute atomic E-state index is 0.0813. The Balaban J connectivity index is 2.01. The molecule has 2 heteroatoms. The molecule has 0 saturated heterocycles. The van der Waals surface area contributed by atoms with Gasteiger partial charge in [-0.25, -0.2) is 4.39 Å². The van der Waals surface area contributed by atoms with Crippen LogP contribution in [-0.4, -0.2) is 6.54 Å². The van der Waals surface area contributed by atoms with E-state index < -0.39 is 0 Å². The maximum Gasteiger partial charge on any atom is 0.126 e. The second kappa shape index (κ2) is 6.33. The SMILES string of the molecule is CCCNC(CCC1CC1)c1ccc(C)c(F)c1. The summed E-state index contributed by atoms with van der Waals surface area (Å²) < 4.78 is 13.6. The van der Waals surface area contributed by atoms with Gasteiger partial charge in [0.15, 0.2) is 0 Å². The van der Waals surface area contributed by atoms with Gasteiger partial charge in [0.05, 0.1) is 0 Å². The van der Waals surface area contributed by atoms with E-state index in [1.807, 2.05) is 13.0 Å². The highest BCUT2D eigenvalue weighted by Gasteiger charge is 2.23. The lowest BCUT2D eigenvalue weighted by Gasteiger charge is -2.19. The molecule has 1 aliphatic rings. The number of halogens is 1. The number of benzene rings is 1. The van der Waals surface area contributed by atoms with Crippen molar-refractivity contribution in [3.05, 3.63) is 35.1 Å².